The fraction of sp³-hybridized carbons (Fsp3) is 0.833. The van der Waals surface area contributed by atoms with E-state index in [1.165, 1.54) is 0 Å². The molecular weight excluding hydrogens is 88.1 g/mol. The third-order valence-corrected chi connectivity index (χ3v) is 1.38. The summed E-state index contributed by atoms with van der Waals surface area (Å²) in [7, 11) is 0. The molecule has 1 rings (SSSR count). The molecule has 0 spiro atoms. The van der Waals surface area contributed by atoms with Gasteiger partial charge >= 0.3 is 0 Å². The zero-order valence-electron chi connectivity index (χ0n) is 4.81. The summed E-state index contributed by atoms with van der Waals surface area (Å²) >= 11 is 0. The van der Waals surface area contributed by atoms with Crippen LogP contribution in [0.1, 0.15) is 20.3 Å². The van der Waals surface area contributed by atoms with Gasteiger partial charge in [0.1, 0.15) is 0 Å². The largest absolute Gasteiger partial charge is 0.390 e. The minimum absolute atomic E-state index is 0.444. The SMILES string of the molecule is CC(C)(O)C1[CH]C1. The highest BCUT2D eigenvalue weighted by Gasteiger charge is 2.35. The van der Waals surface area contributed by atoms with Crippen molar-refractivity contribution in [2.45, 2.75) is 25.9 Å². The van der Waals surface area contributed by atoms with Crippen LogP contribution in [0.5, 0.6) is 0 Å². The third-order valence-electron chi connectivity index (χ3n) is 1.38. The van der Waals surface area contributed by atoms with E-state index in [4.69, 9.17) is 5.11 Å². The first kappa shape index (κ1) is 5.10. The Labute approximate surface area is 44.4 Å². The molecule has 1 heteroatoms. The van der Waals surface area contributed by atoms with Crippen LogP contribution in [0.4, 0.5) is 0 Å². The smallest absolute Gasteiger partial charge is 0.0622 e. The summed E-state index contributed by atoms with van der Waals surface area (Å²) < 4.78 is 0. The summed E-state index contributed by atoms with van der Waals surface area (Å²) in [5, 5.41) is 9.13. The lowest BCUT2D eigenvalue weighted by molar-refractivity contribution is 0.0609. The van der Waals surface area contributed by atoms with E-state index in [1.54, 1.807) is 0 Å². The van der Waals surface area contributed by atoms with E-state index >= 15 is 0 Å². The molecular formula is C6H11O. The van der Waals surface area contributed by atoms with Gasteiger partial charge in [-0.25, -0.2) is 0 Å². The van der Waals surface area contributed by atoms with E-state index in [0.717, 1.165) is 6.42 Å². The zero-order chi connectivity index (χ0) is 5.49. The van der Waals surface area contributed by atoms with Crippen LogP contribution in [0.2, 0.25) is 0 Å². The lowest BCUT2D eigenvalue weighted by Crippen LogP contribution is -2.20. The van der Waals surface area contributed by atoms with Crippen LogP contribution in [0.15, 0.2) is 0 Å². The van der Waals surface area contributed by atoms with E-state index in [0.29, 0.717) is 5.92 Å². The molecule has 1 nitrogen and oxygen atoms in total. The number of rotatable bonds is 1. The summed E-state index contributed by atoms with van der Waals surface area (Å²) in [6, 6.07) is 0. The Morgan fingerprint density at radius 3 is 2.14 bits per heavy atom. The Morgan fingerprint density at radius 1 is 1.71 bits per heavy atom. The molecule has 7 heavy (non-hydrogen) atoms. The zero-order valence-corrected chi connectivity index (χ0v) is 4.81. The quantitative estimate of drug-likeness (QED) is 0.519. The second-order valence-corrected chi connectivity index (χ2v) is 2.73. The van der Waals surface area contributed by atoms with Gasteiger partial charge in [0, 0.05) is 0 Å². The molecule has 0 aromatic rings. The van der Waals surface area contributed by atoms with Crippen molar-refractivity contribution in [3.63, 3.8) is 0 Å². The van der Waals surface area contributed by atoms with Gasteiger partial charge in [-0.15, -0.1) is 0 Å². The maximum Gasteiger partial charge on any atom is 0.0622 e. The van der Waals surface area contributed by atoms with Crippen LogP contribution in [-0.2, 0) is 0 Å². The average molecular weight is 99.2 g/mol. The molecule has 1 radical (unpaired) electrons. The Morgan fingerprint density at radius 2 is 2.14 bits per heavy atom. The van der Waals surface area contributed by atoms with Crippen LogP contribution in [0, 0.1) is 12.3 Å². The Hall–Kier alpha value is -0.0400. The van der Waals surface area contributed by atoms with Crippen LogP contribution in [0.3, 0.4) is 0 Å². The number of hydrogen-bond donors (Lipinski definition) is 1. The second kappa shape index (κ2) is 1.22. The van der Waals surface area contributed by atoms with Crippen molar-refractivity contribution >= 4 is 0 Å². The minimum Gasteiger partial charge on any atom is -0.390 e. The maximum atomic E-state index is 9.13. The van der Waals surface area contributed by atoms with Gasteiger partial charge < -0.3 is 5.11 Å². The van der Waals surface area contributed by atoms with Gasteiger partial charge in [0.15, 0.2) is 0 Å². The van der Waals surface area contributed by atoms with Crippen molar-refractivity contribution in [1.82, 2.24) is 0 Å². The first-order chi connectivity index (χ1) is 3.11. The summed E-state index contributed by atoms with van der Waals surface area (Å²) in [6.07, 6.45) is 3.23. The molecule has 1 aliphatic carbocycles. The average Bonchev–Trinajstić information content (AvgIpc) is 1.99. The fourth-order valence-electron chi connectivity index (χ4n) is 0.645. The normalized spacial score (nSPS) is 22.7. The van der Waals surface area contributed by atoms with Crippen LogP contribution < -0.4 is 0 Å². The van der Waals surface area contributed by atoms with E-state index in [9.17, 15) is 0 Å². The fourth-order valence-corrected chi connectivity index (χ4v) is 0.645. The molecule has 1 fully saturated rings. The van der Waals surface area contributed by atoms with Gasteiger partial charge in [0.2, 0.25) is 0 Å². The molecule has 0 bridgehead atoms. The first-order valence-corrected chi connectivity index (χ1v) is 2.66. The highest BCUT2D eigenvalue weighted by Crippen LogP contribution is 2.37. The van der Waals surface area contributed by atoms with Gasteiger partial charge in [0.25, 0.3) is 0 Å². The molecule has 0 saturated heterocycles. The van der Waals surface area contributed by atoms with Crippen LogP contribution in [0.25, 0.3) is 0 Å². The second-order valence-electron chi connectivity index (χ2n) is 2.73. The highest BCUT2D eigenvalue weighted by molar-refractivity contribution is 5.03. The summed E-state index contributed by atoms with van der Waals surface area (Å²) in [4.78, 5) is 0. The standard InChI is InChI=1S/C6H11O/c1-6(2,7)5-3-4-5/h3,5,7H,4H2,1-2H3. The van der Waals surface area contributed by atoms with Gasteiger partial charge in [0.05, 0.1) is 5.60 Å². The molecule has 1 saturated carbocycles. The van der Waals surface area contributed by atoms with E-state index in [1.807, 2.05) is 13.8 Å². The Bertz CT molecular complexity index is 66.7. The predicted molar refractivity (Wildman–Crippen MR) is 28.7 cm³/mol. The molecule has 1 atom stereocenters. The molecule has 0 amide bonds. The predicted octanol–water partition coefficient (Wildman–Crippen LogP) is 0.981. The maximum absolute atomic E-state index is 9.13. The topological polar surface area (TPSA) is 20.2 Å². The minimum atomic E-state index is -0.444. The van der Waals surface area contributed by atoms with Crippen molar-refractivity contribution in [3.8, 4) is 0 Å². The summed E-state index contributed by atoms with van der Waals surface area (Å²) in [5.41, 5.74) is -0.444. The molecule has 0 aliphatic heterocycles. The van der Waals surface area contributed by atoms with E-state index < -0.39 is 5.60 Å². The lowest BCUT2D eigenvalue weighted by Gasteiger charge is -2.14. The van der Waals surface area contributed by atoms with Crippen molar-refractivity contribution in [1.29, 1.82) is 0 Å². The monoisotopic (exact) mass is 99.1 g/mol. The van der Waals surface area contributed by atoms with Crippen molar-refractivity contribution < 1.29 is 5.11 Å². The molecule has 1 N–H and O–H groups in total. The third kappa shape index (κ3) is 1.16. The van der Waals surface area contributed by atoms with Crippen molar-refractivity contribution in [3.05, 3.63) is 6.42 Å². The van der Waals surface area contributed by atoms with E-state index in [-0.39, 0.29) is 0 Å². The summed E-state index contributed by atoms with van der Waals surface area (Å²) in [5.74, 6) is 0.479. The van der Waals surface area contributed by atoms with Gasteiger partial charge in [-0.05, 0) is 32.6 Å². The molecule has 0 heterocycles. The highest BCUT2D eigenvalue weighted by atomic mass is 16.3. The molecule has 0 aromatic heterocycles. The molecule has 1 unspecified atom stereocenters. The first-order valence-electron chi connectivity index (χ1n) is 2.66. The van der Waals surface area contributed by atoms with E-state index in [2.05, 4.69) is 6.42 Å². The Kier molecular flexibility index (Phi) is 0.890. The molecule has 1 aliphatic rings. The Balaban J connectivity index is 2.36. The van der Waals surface area contributed by atoms with Crippen molar-refractivity contribution in [2.24, 2.45) is 5.92 Å². The van der Waals surface area contributed by atoms with Gasteiger partial charge in [-0.1, -0.05) is 0 Å². The number of aliphatic hydroxyl groups is 1. The lowest BCUT2D eigenvalue weighted by atomic mass is 10.0. The number of hydrogen-bond acceptors (Lipinski definition) is 1. The summed E-state index contributed by atoms with van der Waals surface area (Å²) in [6.45, 7) is 3.70. The van der Waals surface area contributed by atoms with Crippen molar-refractivity contribution in [2.75, 3.05) is 0 Å². The van der Waals surface area contributed by atoms with Gasteiger partial charge in [-0.3, -0.25) is 0 Å². The van der Waals surface area contributed by atoms with Crippen LogP contribution in [-0.4, -0.2) is 10.7 Å². The van der Waals surface area contributed by atoms with Crippen LogP contribution >= 0.6 is 0 Å². The molecule has 0 aromatic carbocycles. The molecule has 41 valence electrons. The van der Waals surface area contributed by atoms with Gasteiger partial charge in [-0.2, -0.15) is 0 Å².